The number of nitrogens with one attached hydrogen (secondary N) is 2. The van der Waals surface area contributed by atoms with E-state index in [9.17, 15) is 9.59 Å². The van der Waals surface area contributed by atoms with Gasteiger partial charge in [0.2, 0.25) is 5.91 Å². The van der Waals surface area contributed by atoms with Crippen molar-refractivity contribution in [2.45, 2.75) is 39.3 Å². The first-order valence-corrected chi connectivity index (χ1v) is 6.92. The van der Waals surface area contributed by atoms with Gasteiger partial charge in [0.25, 0.3) is 5.91 Å². The second kappa shape index (κ2) is 10.2. The first kappa shape index (κ1) is 19.4. The number of nitrogens with two attached hydrogens (primary N) is 1. The first-order chi connectivity index (χ1) is 9.52. The lowest BCUT2D eigenvalue weighted by Gasteiger charge is -2.08. The van der Waals surface area contributed by atoms with Gasteiger partial charge in [0.15, 0.2) is 0 Å². The van der Waals surface area contributed by atoms with E-state index in [4.69, 9.17) is 5.73 Å². The molecule has 1 atom stereocenters. The third-order valence-electron chi connectivity index (χ3n) is 2.87. The summed E-state index contributed by atoms with van der Waals surface area (Å²) in [6, 6.07) is 7.24. The fourth-order valence-corrected chi connectivity index (χ4v) is 1.68. The van der Waals surface area contributed by atoms with E-state index < -0.39 is 0 Å². The van der Waals surface area contributed by atoms with Crippen molar-refractivity contribution < 1.29 is 9.59 Å². The highest BCUT2D eigenvalue weighted by atomic mass is 35.5. The Balaban J connectivity index is 0.00000400. The molecule has 118 valence electrons. The van der Waals surface area contributed by atoms with Gasteiger partial charge in [-0.2, -0.15) is 0 Å². The summed E-state index contributed by atoms with van der Waals surface area (Å²) < 4.78 is 0. The van der Waals surface area contributed by atoms with Crippen LogP contribution in [0.4, 0.5) is 0 Å². The highest BCUT2D eigenvalue weighted by Crippen LogP contribution is 2.04. The molecular formula is C15H24ClN3O2. The Morgan fingerprint density at radius 2 is 1.81 bits per heavy atom. The predicted octanol–water partition coefficient (Wildman–Crippen LogP) is 1.60. The topological polar surface area (TPSA) is 84.2 Å². The average molecular weight is 314 g/mol. The van der Waals surface area contributed by atoms with Gasteiger partial charge in [0, 0.05) is 31.1 Å². The Labute approximate surface area is 132 Å². The molecule has 0 heterocycles. The van der Waals surface area contributed by atoms with E-state index in [1.807, 2.05) is 26.0 Å². The molecule has 0 fully saturated rings. The molecule has 0 aliphatic carbocycles. The second-order valence-electron chi connectivity index (χ2n) is 4.85. The Kier molecular flexibility index (Phi) is 9.41. The third kappa shape index (κ3) is 7.68. The SMILES string of the molecule is CCNC(=O)c1ccc(CNC(=O)CCC(C)N)cc1.Cl. The molecule has 0 aromatic heterocycles. The first-order valence-electron chi connectivity index (χ1n) is 6.92. The normalized spacial score (nSPS) is 11.2. The maximum atomic E-state index is 11.6. The van der Waals surface area contributed by atoms with Crippen molar-refractivity contribution >= 4 is 24.2 Å². The molecule has 1 aromatic rings. The van der Waals surface area contributed by atoms with Gasteiger partial charge >= 0.3 is 0 Å². The molecule has 2 amide bonds. The molecule has 0 bridgehead atoms. The van der Waals surface area contributed by atoms with E-state index in [0.717, 1.165) is 5.56 Å². The average Bonchev–Trinajstić information content (AvgIpc) is 2.43. The van der Waals surface area contributed by atoms with E-state index in [0.29, 0.717) is 31.5 Å². The fourth-order valence-electron chi connectivity index (χ4n) is 1.68. The van der Waals surface area contributed by atoms with Crippen molar-refractivity contribution in [1.82, 2.24) is 10.6 Å². The van der Waals surface area contributed by atoms with Crippen LogP contribution in [-0.2, 0) is 11.3 Å². The minimum absolute atomic E-state index is 0. The van der Waals surface area contributed by atoms with Gasteiger partial charge < -0.3 is 16.4 Å². The third-order valence-corrected chi connectivity index (χ3v) is 2.87. The van der Waals surface area contributed by atoms with Gasteiger partial charge in [0.1, 0.15) is 0 Å². The van der Waals surface area contributed by atoms with E-state index in [1.54, 1.807) is 12.1 Å². The summed E-state index contributed by atoms with van der Waals surface area (Å²) in [5, 5.41) is 5.57. The Hall–Kier alpha value is -1.59. The van der Waals surface area contributed by atoms with Crippen LogP contribution in [0.3, 0.4) is 0 Å². The van der Waals surface area contributed by atoms with Gasteiger partial charge in [-0.05, 0) is 38.0 Å². The molecule has 0 radical (unpaired) electrons. The van der Waals surface area contributed by atoms with Crippen LogP contribution in [-0.4, -0.2) is 24.4 Å². The van der Waals surface area contributed by atoms with Gasteiger partial charge in [-0.25, -0.2) is 0 Å². The molecule has 1 aromatic carbocycles. The molecular weight excluding hydrogens is 290 g/mol. The predicted molar refractivity (Wildman–Crippen MR) is 86.4 cm³/mol. The number of carbonyl (C=O) groups is 2. The Morgan fingerprint density at radius 1 is 1.19 bits per heavy atom. The zero-order valence-corrected chi connectivity index (χ0v) is 13.3. The summed E-state index contributed by atoms with van der Waals surface area (Å²) in [7, 11) is 0. The number of rotatable bonds is 7. The highest BCUT2D eigenvalue weighted by Gasteiger charge is 2.05. The van der Waals surface area contributed by atoms with Gasteiger partial charge in [-0.1, -0.05) is 12.1 Å². The van der Waals surface area contributed by atoms with Crippen molar-refractivity contribution in [1.29, 1.82) is 0 Å². The summed E-state index contributed by atoms with van der Waals surface area (Å²) in [5.74, 6) is -0.0879. The van der Waals surface area contributed by atoms with Gasteiger partial charge in [-0.3, -0.25) is 9.59 Å². The largest absolute Gasteiger partial charge is 0.352 e. The smallest absolute Gasteiger partial charge is 0.251 e. The van der Waals surface area contributed by atoms with Crippen LogP contribution < -0.4 is 16.4 Å². The monoisotopic (exact) mass is 313 g/mol. The molecule has 0 saturated heterocycles. The number of amides is 2. The number of benzene rings is 1. The van der Waals surface area contributed by atoms with Crippen LogP contribution in [0.15, 0.2) is 24.3 Å². The van der Waals surface area contributed by atoms with Crippen LogP contribution in [0.5, 0.6) is 0 Å². The van der Waals surface area contributed by atoms with E-state index in [-0.39, 0.29) is 30.3 Å². The van der Waals surface area contributed by atoms with E-state index in [2.05, 4.69) is 10.6 Å². The fraction of sp³-hybridized carbons (Fsp3) is 0.467. The number of hydrogen-bond donors (Lipinski definition) is 3. The van der Waals surface area contributed by atoms with Crippen molar-refractivity contribution in [3.63, 3.8) is 0 Å². The zero-order chi connectivity index (χ0) is 15.0. The van der Waals surface area contributed by atoms with Crippen LogP contribution in [0, 0.1) is 0 Å². The standard InChI is InChI=1S/C15H23N3O2.ClH/c1-3-17-15(20)13-7-5-12(6-8-13)10-18-14(19)9-4-11(2)16;/h5-8,11H,3-4,9-10,16H2,1-2H3,(H,17,20)(H,18,19);1H. The zero-order valence-electron chi connectivity index (χ0n) is 12.5. The number of hydrogen-bond acceptors (Lipinski definition) is 3. The van der Waals surface area contributed by atoms with Crippen molar-refractivity contribution in [3.8, 4) is 0 Å². The maximum absolute atomic E-state index is 11.6. The summed E-state index contributed by atoms with van der Waals surface area (Å²) in [6.45, 7) is 4.83. The maximum Gasteiger partial charge on any atom is 0.251 e. The van der Waals surface area contributed by atoms with Crippen LogP contribution >= 0.6 is 12.4 Å². The summed E-state index contributed by atoms with van der Waals surface area (Å²) in [4.78, 5) is 23.1. The minimum Gasteiger partial charge on any atom is -0.352 e. The molecule has 0 aliphatic heterocycles. The van der Waals surface area contributed by atoms with Crippen LogP contribution in [0.1, 0.15) is 42.6 Å². The summed E-state index contributed by atoms with van der Waals surface area (Å²) >= 11 is 0. The lowest BCUT2D eigenvalue weighted by Crippen LogP contribution is -2.25. The molecule has 5 nitrogen and oxygen atoms in total. The molecule has 0 saturated carbocycles. The molecule has 4 N–H and O–H groups in total. The number of carbonyl (C=O) groups excluding carboxylic acids is 2. The Morgan fingerprint density at radius 3 is 2.33 bits per heavy atom. The highest BCUT2D eigenvalue weighted by molar-refractivity contribution is 5.94. The molecule has 0 aliphatic rings. The minimum atomic E-state index is -0.0833. The van der Waals surface area contributed by atoms with E-state index >= 15 is 0 Å². The van der Waals surface area contributed by atoms with Crippen LogP contribution in [0.2, 0.25) is 0 Å². The quantitative estimate of drug-likeness (QED) is 0.715. The lowest BCUT2D eigenvalue weighted by atomic mass is 10.1. The van der Waals surface area contributed by atoms with Gasteiger partial charge in [0.05, 0.1) is 0 Å². The molecule has 1 rings (SSSR count). The number of halogens is 1. The molecule has 6 heteroatoms. The second-order valence-corrected chi connectivity index (χ2v) is 4.85. The summed E-state index contributed by atoms with van der Waals surface area (Å²) in [5.41, 5.74) is 7.19. The van der Waals surface area contributed by atoms with Crippen molar-refractivity contribution in [2.75, 3.05) is 6.54 Å². The lowest BCUT2D eigenvalue weighted by molar-refractivity contribution is -0.121. The summed E-state index contributed by atoms with van der Waals surface area (Å²) in [6.07, 6.45) is 1.12. The molecule has 0 spiro atoms. The van der Waals surface area contributed by atoms with Crippen molar-refractivity contribution in [3.05, 3.63) is 35.4 Å². The van der Waals surface area contributed by atoms with E-state index in [1.165, 1.54) is 0 Å². The van der Waals surface area contributed by atoms with Gasteiger partial charge in [-0.15, -0.1) is 12.4 Å². The Bertz CT molecular complexity index is 447. The van der Waals surface area contributed by atoms with Crippen molar-refractivity contribution in [2.24, 2.45) is 5.73 Å². The van der Waals surface area contributed by atoms with Crippen LogP contribution in [0.25, 0.3) is 0 Å². The molecule has 21 heavy (non-hydrogen) atoms. The molecule has 1 unspecified atom stereocenters.